The summed E-state index contributed by atoms with van der Waals surface area (Å²) in [7, 11) is 1.95. The molecule has 0 spiro atoms. The van der Waals surface area contributed by atoms with Crippen LogP contribution in [0.1, 0.15) is 13.8 Å². The maximum absolute atomic E-state index is 9.25. The second-order valence-electron chi connectivity index (χ2n) is 1.99. The Morgan fingerprint density at radius 3 is 1.90 bits per heavy atom. The second-order valence-corrected chi connectivity index (χ2v) is 1.99. The molecule has 0 heterocycles. The van der Waals surface area contributed by atoms with E-state index in [0.717, 1.165) is 6.08 Å². The highest BCUT2D eigenvalue weighted by Gasteiger charge is 1.76. The SMILES string of the molecule is C=CC(=O)O.CNC(C)C. The molecule has 0 radical (unpaired) electrons. The molecule has 3 nitrogen and oxygen atoms in total. The van der Waals surface area contributed by atoms with Gasteiger partial charge >= 0.3 is 5.97 Å². The van der Waals surface area contributed by atoms with Crippen LogP contribution in [0.25, 0.3) is 0 Å². The van der Waals surface area contributed by atoms with E-state index in [1.807, 2.05) is 7.05 Å². The molecule has 3 heteroatoms. The molecule has 0 aliphatic heterocycles. The van der Waals surface area contributed by atoms with Gasteiger partial charge in [-0.2, -0.15) is 0 Å². The number of hydrogen-bond donors (Lipinski definition) is 2. The predicted octanol–water partition coefficient (Wildman–Crippen LogP) is 0.871. The summed E-state index contributed by atoms with van der Waals surface area (Å²) in [6.45, 7) is 7.18. The highest BCUT2D eigenvalue weighted by atomic mass is 16.4. The summed E-state index contributed by atoms with van der Waals surface area (Å²) in [6, 6.07) is 0.634. The van der Waals surface area contributed by atoms with Crippen LogP contribution < -0.4 is 5.32 Å². The maximum atomic E-state index is 9.25. The zero-order chi connectivity index (χ0) is 8.57. The third kappa shape index (κ3) is 27.2. The Morgan fingerprint density at radius 1 is 1.70 bits per heavy atom. The Labute approximate surface area is 61.8 Å². The lowest BCUT2D eigenvalue weighted by molar-refractivity contribution is -0.131. The molecule has 0 saturated heterocycles. The van der Waals surface area contributed by atoms with Crippen molar-refractivity contribution < 1.29 is 9.90 Å². The first-order valence-electron chi connectivity index (χ1n) is 3.07. The Balaban J connectivity index is 0. The minimum atomic E-state index is -0.981. The van der Waals surface area contributed by atoms with Gasteiger partial charge in [0.15, 0.2) is 0 Å². The second kappa shape index (κ2) is 8.17. The molecule has 10 heavy (non-hydrogen) atoms. The van der Waals surface area contributed by atoms with Gasteiger partial charge in [-0.3, -0.25) is 0 Å². The number of carboxylic acid groups (broad SMARTS) is 1. The van der Waals surface area contributed by atoms with Crippen LogP contribution in [0.2, 0.25) is 0 Å². The van der Waals surface area contributed by atoms with Crippen molar-refractivity contribution in [1.29, 1.82) is 0 Å². The first-order valence-corrected chi connectivity index (χ1v) is 3.07. The lowest BCUT2D eigenvalue weighted by Gasteiger charge is -1.95. The van der Waals surface area contributed by atoms with E-state index in [0.29, 0.717) is 6.04 Å². The lowest BCUT2D eigenvalue weighted by Crippen LogP contribution is -2.15. The van der Waals surface area contributed by atoms with Gasteiger partial charge in [0.05, 0.1) is 0 Å². The van der Waals surface area contributed by atoms with E-state index in [9.17, 15) is 4.79 Å². The summed E-state index contributed by atoms with van der Waals surface area (Å²) in [5.41, 5.74) is 0. The molecule has 0 aliphatic rings. The standard InChI is InChI=1S/C4H11N.C3H4O2/c1-4(2)5-3;1-2-3(4)5/h4-5H,1-3H3;2H,1H2,(H,4,5). The molecule has 0 aromatic carbocycles. The first-order chi connectivity index (χ1) is 4.54. The highest BCUT2D eigenvalue weighted by molar-refractivity contribution is 5.78. The van der Waals surface area contributed by atoms with E-state index in [1.165, 1.54) is 0 Å². The molecule has 0 aromatic rings. The van der Waals surface area contributed by atoms with E-state index in [2.05, 4.69) is 25.7 Å². The fourth-order valence-electron chi connectivity index (χ4n) is 0. The van der Waals surface area contributed by atoms with Gasteiger partial charge in [-0.15, -0.1) is 0 Å². The summed E-state index contributed by atoms with van der Waals surface area (Å²) in [4.78, 5) is 9.25. The van der Waals surface area contributed by atoms with Crippen molar-refractivity contribution in [3.8, 4) is 0 Å². The molecule has 0 unspecified atom stereocenters. The van der Waals surface area contributed by atoms with Gasteiger partial charge in [-0.25, -0.2) is 4.79 Å². The molecule has 2 N–H and O–H groups in total. The number of carboxylic acids is 1. The molecule has 0 atom stereocenters. The smallest absolute Gasteiger partial charge is 0.327 e. The van der Waals surface area contributed by atoms with Crippen LogP contribution in [0.15, 0.2) is 12.7 Å². The molecular weight excluding hydrogens is 130 g/mol. The van der Waals surface area contributed by atoms with Crippen LogP contribution in [0, 0.1) is 0 Å². The average molecular weight is 145 g/mol. The van der Waals surface area contributed by atoms with Gasteiger partial charge < -0.3 is 10.4 Å². The van der Waals surface area contributed by atoms with Crippen LogP contribution in [0.5, 0.6) is 0 Å². The van der Waals surface area contributed by atoms with Crippen LogP contribution >= 0.6 is 0 Å². The van der Waals surface area contributed by atoms with Crippen LogP contribution in [0.3, 0.4) is 0 Å². The molecule has 0 bridgehead atoms. The van der Waals surface area contributed by atoms with E-state index in [4.69, 9.17) is 5.11 Å². The Kier molecular flexibility index (Phi) is 9.73. The van der Waals surface area contributed by atoms with Gasteiger partial charge in [0.2, 0.25) is 0 Å². The number of hydrogen-bond acceptors (Lipinski definition) is 2. The van der Waals surface area contributed by atoms with Crippen molar-refractivity contribution in [1.82, 2.24) is 5.32 Å². The largest absolute Gasteiger partial charge is 0.478 e. The van der Waals surface area contributed by atoms with Crippen molar-refractivity contribution in [2.45, 2.75) is 19.9 Å². The van der Waals surface area contributed by atoms with Crippen LogP contribution in [-0.4, -0.2) is 24.2 Å². The van der Waals surface area contributed by atoms with Crippen LogP contribution in [0.4, 0.5) is 0 Å². The quantitative estimate of drug-likeness (QED) is 0.567. The van der Waals surface area contributed by atoms with Gasteiger partial charge in [0.1, 0.15) is 0 Å². The highest BCUT2D eigenvalue weighted by Crippen LogP contribution is 1.66. The molecule has 0 fully saturated rings. The molecule has 0 saturated carbocycles. The molecule has 0 rings (SSSR count). The Hall–Kier alpha value is -0.830. The minimum Gasteiger partial charge on any atom is -0.478 e. The Morgan fingerprint density at radius 2 is 1.90 bits per heavy atom. The van der Waals surface area contributed by atoms with Crippen molar-refractivity contribution in [2.75, 3.05) is 7.05 Å². The minimum absolute atomic E-state index is 0.634. The molecular formula is C7H15NO2. The fraction of sp³-hybridized carbons (Fsp3) is 0.571. The summed E-state index contributed by atoms with van der Waals surface area (Å²) < 4.78 is 0. The van der Waals surface area contributed by atoms with E-state index in [-0.39, 0.29) is 0 Å². The van der Waals surface area contributed by atoms with E-state index in [1.54, 1.807) is 0 Å². The van der Waals surface area contributed by atoms with Crippen molar-refractivity contribution in [2.24, 2.45) is 0 Å². The molecule has 0 aromatic heterocycles. The normalized spacial score (nSPS) is 8.00. The summed E-state index contributed by atoms with van der Waals surface area (Å²) in [5.74, 6) is -0.981. The fourth-order valence-corrected chi connectivity index (χ4v) is 0. The molecule has 0 amide bonds. The number of rotatable bonds is 2. The average Bonchev–Trinajstić information content (AvgIpc) is 1.89. The van der Waals surface area contributed by atoms with Crippen LogP contribution in [-0.2, 0) is 4.79 Å². The van der Waals surface area contributed by atoms with Gasteiger partial charge in [-0.05, 0) is 7.05 Å². The molecule has 60 valence electrons. The number of aliphatic carboxylic acids is 1. The number of nitrogens with one attached hydrogen (secondary N) is 1. The third-order valence-electron chi connectivity index (χ3n) is 0.752. The number of carbonyl (C=O) groups is 1. The zero-order valence-corrected chi connectivity index (χ0v) is 6.72. The Bertz CT molecular complexity index is 99.8. The zero-order valence-electron chi connectivity index (χ0n) is 6.72. The summed E-state index contributed by atoms with van der Waals surface area (Å²) in [5, 5.41) is 10.6. The van der Waals surface area contributed by atoms with Gasteiger partial charge in [-0.1, -0.05) is 20.4 Å². The van der Waals surface area contributed by atoms with Crippen molar-refractivity contribution >= 4 is 5.97 Å². The van der Waals surface area contributed by atoms with Crippen molar-refractivity contribution in [3.63, 3.8) is 0 Å². The summed E-state index contributed by atoms with van der Waals surface area (Å²) in [6.07, 6.45) is 0.833. The van der Waals surface area contributed by atoms with Gasteiger partial charge in [0, 0.05) is 12.1 Å². The van der Waals surface area contributed by atoms with Gasteiger partial charge in [0.25, 0.3) is 0 Å². The topological polar surface area (TPSA) is 49.3 Å². The van der Waals surface area contributed by atoms with E-state index < -0.39 is 5.97 Å². The first kappa shape index (κ1) is 11.9. The lowest BCUT2D eigenvalue weighted by atomic mass is 10.4. The maximum Gasteiger partial charge on any atom is 0.327 e. The summed E-state index contributed by atoms with van der Waals surface area (Å²) >= 11 is 0. The van der Waals surface area contributed by atoms with E-state index >= 15 is 0 Å². The molecule has 0 aliphatic carbocycles. The van der Waals surface area contributed by atoms with Crippen molar-refractivity contribution in [3.05, 3.63) is 12.7 Å². The predicted molar refractivity (Wildman–Crippen MR) is 42.0 cm³/mol. The third-order valence-corrected chi connectivity index (χ3v) is 0.752. The monoisotopic (exact) mass is 145 g/mol.